The third-order valence-electron chi connectivity index (χ3n) is 4.53. The lowest BCUT2D eigenvalue weighted by Crippen LogP contribution is -2.47. The summed E-state index contributed by atoms with van der Waals surface area (Å²) in [5.41, 5.74) is 3.97. The van der Waals surface area contributed by atoms with Crippen molar-refractivity contribution in [3.8, 4) is 0 Å². The minimum Gasteiger partial charge on any atom is -0.377 e. The fourth-order valence-electron chi connectivity index (χ4n) is 3.29. The molecular weight excluding hydrogens is 284 g/mol. The lowest BCUT2D eigenvalue weighted by molar-refractivity contribution is 0.134. The molecule has 0 N–H and O–H groups in total. The van der Waals surface area contributed by atoms with Crippen molar-refractivity contribution in [2.24, 2.45) is 0 Å². The standard InChI is InChI=1S/C20H26N2O/c1-3-23-16-18-11-7-8-12-19(18)22-14-13-21(2)15-20(22)17-9-5-4-6-10-17/h4-12,20H,3,13-16H2,1-2H3. The number of likely N-dealkylation sites (N-methyl/N-ethyl adjacent to an activating group) is 1. The molecule has 1 fully saturated rings. The molecule has 0 saturated carbocycles. The van der Waals surface area contributed by atoms with E-state index in [9.17, 15) is 0 Å². The van der Waals surface area contributed by atoms with Crippen molar-refractivity contribution >= 4 is 5.69 Å². The van der Waals surface area contributed by atoms with Crippen molar-refractivity contribution in [2.45, 2.75) is 19.6 Å². The summed E-state index contributed by atoms with van der Waals surface area (Å²) in [7, 11) is 2.21. The van der Waals surface area contributed by atoms with E-state index in [0.717, 1.165) is 26.2 Å². The van der Waals surface area contributed by atoms with Crippen molar-refractivity contribution in [2.75, 3.05) is 38.2 Å². The van der Waals surface area contributed by atoms with Gasteiger partial charge in [-0.2, -0.15) is 0 Å². The Morgan fingerprint density at radius 2 is 1.74 bits per heavy atom. The van der Waals surface area contributed by atoms with Crippen LogP contribution in [0, 0.1) is 0 Å². The predicted molar refractivity (Wildman–Crippen MR) is 95.8 cm³/mol. The molecular formula is C20H26N2O. The van der Waals surface area contributed by atoms with Gasteiger partial charge in [-0.25, -0.2) is 0 Å². The summed E-state index contributed by atoms with van der Waals surface area (Å²) >= 11 is 0. The molecule has 0 radical (unpaired) electrons. The van der Waals surface area contributed by atoms with Crippen molar-refractivity contribution < 1.29 is 4.74 Å². The molecule has 0 aromatic heterocycles. The largest absolute Gasteiger partial charge is 0.377 e. The average Bonchev–Trinajstić information content (AvgIpc) is 2.61. The number of ether oxygens (including phenoxy) is 1. The lowest BCUT2D eigenvalue weighted by atomic mass is 10.0. The SMILES string of the molecule is CCOCc1ccccc1N1CCN(C)CC1c1ccccc1. The number of piperazine rings is 1. The second-order valence-electron chi connectivity index (χ2n) is 6.15. The molecule has 122 valence electrons. The molecule has 1 aliphatic heterocycles. The zero-order chi connectivity index (χ0) is 16.1. The summed E-state index contributed by atoms with van der Waals surface area (Å²) in [6.07, 6.45) is 0. The van der Waals surface area contributed by atoms with Gasteiger partial charge in [0, 0.05) is 37.5 Å². The van der Waals surface area contributed by atoms with Gasteiger partial charge in [-0.1, -0.05) is 48.5 Å². The fraction of sp³-hybridized carbons (Fsp3) is 0.400. The highest BCUT2D eigenvalue weighted by atomic mass is 16.5. The summed E-state index contributed by atoms with van der Waals surface area (Å²) in [4.78, 5) is 4.96. The average molecular weight is 310 g/mol. The Bertz CT molecular complexity index is 614. The first-order chi connectivity index (χ1) is 11.3. The third-order valence-corrected chi connectivity index (χ3v) is 4.53. The summed E-state index contributed by atoms with van der Waals surface area (Å²) in [5.74, 6) is 0. The van der Waals surface area contributed by atoms with Crippen LogP contribution in [0.4, 0.5) is 5.69 Å². The topological polar surface area (TPSA) is 15.7 Å². The van der Waals surface area contributed by atoms with E-state index in [1.54, 1.807) is 0 Å². The van der Waals surface area contributed by atoms with Crippen LogP contribution in [0.2, 0.25) is 0 Å². The number of nitrogens with zero attached hydrogens (tertiary/aromatic N) is 2. The summed E-state index contributed by atoms with van der Waals surface area (Å²) in [6, 6.07) is 19.9. The maximum absolute atomic E-state index is 5.68. The summed E-state index contributed by atoms with van der Waals surface area (Å²) < 4.78 is 5.68. The van der Waals surface area contributed by atoms with Crippen LogP contribution < -0.4 is 4.90 Å². The van der Waals surface area contributed by atoms with Crippen LogP contribution in [-0.2, 0) is 11.3 Å². The molecule has 2 aromatic rings. The normalized spacial score (nSPS) is 19.0. The van der Waals surface area contributed by atoms with E-state index in [0.29, 0.717) is 12.6 Å². The van der Waals surface area contributed by atoms with Crippen LogP contribution >= 0.6 is 0 Å². The van der Waals surface area contributed by atoms with Gasteiger partial charge in [-0.3, -0.25) is 0 Å². The number of para-hydroxylation sites is 1. The van der Waals surface area contributed by atoms with Crippen LogP contribution in [0.5, 0.6) is 0 Å². The van der Waals surface area contributed by atoms with Gasteiger partial charge < -0.3 is 14.5 Å². The van der Waals surface area contributed by atoms with Gasteiger partial charge in [0.25, 0.3) is 0 Å². The first kappa shape index (κ1) is 16.0. The molecule has 23 heavy (non-hydrogen) atoms. The fourth-order valence-corrected chi connectivity index (χ4v) is 3.29. The van der Waals surface area contributed by atoms with Gasteiger partial charge in [-0.15, -0.1) is 0 Å². The van der Waals surface area contributed by atoms with Crippen LogP contribution in [0.15, 0.2) is 54.6 Å². The Labute approximate surface area is 139 Å². The molecule has 1 saturated heterocycles. The number of hydrogen-bond donors (Lipinski definition) is 0. The van der Waals surface area contributed by atoms with E-state index in [2.05, 4.69) is 71.4 Å². The molecule has 2 aromatic carbocycles. The van der Waals surface area contributed by atoms with Gasteiger partial charge in [0.15, 0.2) is 0 Å². The number of anilines is 1. The Morgan fingerprint density at radius 3 is 2.52 bits per heavy atom. The number of rotatable bonds is 5. The Hall–Kier alpha value is -1.84. The van der Waals surface area contributed by atoms with Gasteiger partial charge in [0.1, 0.15) is 0 Å². The molecule has 3 rings (SSSR count). The smallest absolute Gasteiger partial charge is 0.0736 e. The van der Waals surface area contributed by atoms with E-state index in [-0.39, 0.29) is 0 Å². The van der Waals surface area contributed by atoms with E-state index in [1.165, 1.54) is 16.8 Å². The Balaban J connectivity index is 1.93. The maximum atomic E-state index is 5.68. The zero-order valence-electron chi connectivity index (χ0n) is 14.1. The third kappa shape index (κ3) is 3.74. The second-order valence-corrected chi connectivity index (χ2v) is 6.15. The number of hydrogen-bond acceptors (Lipinski definition) is 3. The minimum absolute atomic E-state index is 0.387. The van der Waals surface area contributed by atoms with Gasteiger partial charge >= 0.3 is 0 Å². The molecule has 3 heteroatoms. The predicted octanol–water partition coefficient (Wildman–Crippen LogP) is 3.72. The molecule has 0 amide bonds. The molecule has 0 bridgehead atoms. The van der Waals surface area contributed by atoms with Gasteiger partial charge in [0.05, 0.1) is 12.6 Å². The summed E-state index contributed by atoms with van der Waals surface area (Å²) in [6.45, 7) is 6.66. The molecule has 1 unspecified atom stereocenters. The number of benzene rings is 2. The molecule has 1 aliphatic rings. The van der Waals surface area contributed by atoms with Crippen molar-refractivity contribution in [3.63, 3.8) is 0 Å². The van der Waals surface area contributed by atoms with Crippen molar-refractivity contribution in [3.05, 3.63) is 65.7 Å². The van der Waals surface area contributed by atoms with Crippen molar-refractivity contribution in [1.82, 2.24) is 4.90 Å². The minimum atomic E-state index is 0.387. The van der Waals surface area contributed by atoms with E-state index in [1.807, 2.05) is 6.92 Å². The highest BCUT2D eigenvalue weighted by molar-refractivity contribution is 5.56. The molecule has 0 aliphatic carbocycles. The first-order valence-corrected chi connectivity index (χ1v) is 8.45. The van der Waals surface area contributed by atoms with Crippen LogP contribution in [0.3, 0.4) is 0 Å². The zero-order valence-corrected chi connectivity index (χ0v) is 14.1. The summed E-state index contributed by atoms with van der Waals surface area (Å²) in [5, 5.41) is 0. The van der Waals surface area contributed by atoms with Gasteiger partial charge in [-0.05, 0) is 25.6 Å². The Morgan fingerprint density at radius 1 is 1.00 bits per heavy atom. The van der Waals surface area contributed by atoms with E-state index >= 15 is 0 Å². The quantitative estimate of drug-likeness (QED) is 0.837. The monoisotopic (exact) mass is 310 g/mol. The highest BCUT2D eigenvalue weighted by Gasteiger charge is 2.27. The van der Waals surface area contributed by atoms with E-state index in [4.69, 9.17) is 4.74 Å². The second kappa shape index (κ2) is 7.62. The Kier molecular flexibility index (Phi) is 5.31. The highest BCUT2D eigenvalue weighted by Crippen LogP contribution is 2.32. The van der Waals surface area contributed by atoms with Crippen LogP contribution in [0.25, 0.3) is 0 Å². The van der Waals surface area contributed by atoms with E-state index < -0.39 is 0 Å². The van der Waals surface area contributed by atoms with Crippen LogP contribution in [-0.4, -0.2) is 38.2 Å². The van der Waals surface area contributed by atoms with Crippen LogP contribution in [0.1, 0.15) is 24.1 Å². The first-order valence-electron chi connectivity index (χ1n) is 8.45. The molecule has 1 heterocycles. The molecule has 1 atom stereocenters. The molecule has 0 spiro atoms. The van der Waals surface area contributed by atoms with Gasteiger partial charge in [0.2, 0.25) is 0 Å². The maximum Gasteiger partial charge on any atom is 0.0736 e. The molecule has 3 nitrogen and oxygen atoms in total. The van der Waals surface area contributed by atoms with Crippen molar-refractivity contribution in [1.29, 1.82) is 0 Å². The lowest BCUT2D eigenvalue weighted by Gasteiger charge is -2.42.